The number of ketones is 1. The van der Waals surface area contributed by atoms with Crippen molar-refractivity contribution in [1.82, 2.24) is 10.2 Å². The van der Waals surface area contributed by atoms with E-state index in [2.05, 4.69) is 5.32 Å². The molecular weight excluding hydrogens is 400 g/mol. The quantitative estimate of drug-likeness (QED) is 0.715. The summed E-state index contributed by atoms with van der Waals surface area (Å²) in [7, 11) is -3.06. The molecule has 2 amide bonds. The normalized spacial score (nSPS) is 15.1. The molecule has 1 fully saturated rings. The number of Topliss-reactive ketones (excluding diaryl/α,β-unsaturated/α-hetero) is 1. The summed E-state index contributed by atoms with van der Waals surface area (Å²) in [5.41, 5.74) is 3.50. The number of likely N-dealkylation sites (tertiary alicyclic amines) is 1. The van der Waals surface area contributed by atoms with Gasteiger partial charge in [-0.1, -0.05) is 54.1 Å². The molecule has 2 aromatic carbocycles. The minimum absolute atomic E-state index is 0.00981. The second-order valence-corrected chi connectivity index (χ2v) is 10.2. The second kappa shape index (κ2) is 9.43. The molecule has 30 heavy (non-hydrogen) atoms. The third-order valence-electron chi connectivity index (χ3n) is 5.38. The van der Waals surface area contributed by atoms with Crippen LogP contribution in [0.3, 0.4) is 0 Å². The number of amides is 2. The number of sulfone groups is 1. The number of urea groups is 1. The van der Waals surface area contributed by atoms with Crippen LogP contribution in [0, 0.1) is 12.8 Å². The van der Waals surface area contributed by atoms with Crippen molar-refractivity contribution in [1.29, 1.82) is 0 Å². The van der Waals surface area contributed by atoms with Crippen molar-refractivity contribution in [3.8, 4) is 0 Å². The van der Waals surface area contributed by atoms with Crippen molar-refractivity contribution in [2.24, 2.45) is 5.92 Å². The van der Waals surface area contributed by atoms with Crippen molar-refractivity contribution in [2.75, 3.05) is 19.3 Å². The molecule has 1 aliphatic rings. The van der Waals surface area contributed by atoms with Crippen LogP contribution in [0.4, 0.5) is 4.79 Å². The van der Waals surface area contributed by atoms with Crippen molar-refractivity contribution >= 4 is 21.7 Å². The predicted octanol–water partition coefficient (Wildman–Crippen LogP) is 3.34. The average molecular weight is 429 g/mol. The zero-order valence-corrected chi connectivity index (χ0v) is 18.2. The average Bonchev–Trinajstić information content (AvgIpc) is 2.72. The van der Waals surface area contributed by atoms with E-state index < -0.39 is 9.84 Å². The molecule has 3 rings (SSSR count). The Labute approximate surface area is 178 Å². The van der Waals surface area contributed by atoms with Crippen LogP contribution in [-0.4, -0.2) is 44.5 Å². The fourth-order valence-corrected chi connectivity index (χ4v) is 4.44. The summed E-state index contributed by atoms with van der Waals surface area (Å²) in [6.45, 7) is 3.48. The molecule has 160 valence electrons. The van der Waals surface area contributed by atoms with Gasteiger partial charge in [0.15, 0.2) is 15.6 Å². The third kappa shape index (κ3) is 6.16. The first kappa shape index (κ1) is 22.0. The first-order chi connectivity index (χ1) is 14.2. The Bertz CT molecular complexity index is 991. The molecule has 0 bridgehead atoms. The summed E-state index contributed by atoms with van der Waals surface area (Å²) < 4.78 is 22.7. The number of nitrogens with zero attached hydrogens (tertiary/aromatic N) is 1. The molecule has 1 N–H and O–H groups in total. The molecule has 0 saturated carbocycles. The monoisotopic (exact) mass is 428 g/mol. The summed E-state index contributed by atoms with van der Waals surface area (Å²) in [5, 5.41) is 2.90. The molecule has 0 radical (unpaired) electrons. The number of rotatable bonds is 6. The Morgan fingerprint density at radius 1 is 0.967 bits per heavy atom. The Morgan fingerprint density at radius 3 is 2.10 bits per heavy atom. The Hall–Kier alpha value is -2.67. The van der Waals surface area contributed by atoms with Crippen molar-refractivity contribution < 1.29 is 18.0 Å². The highest BCUT2D eigenvalue weighted by Gasteiger charge is 2.27. The van der Waals surface area contributed by atoms with Gasteiger partial charge in [0.05, 0.1) is 5.75 Å². The van der Waals surface area contributed by atoms with Gasteiger partial charge in [0.1, 0.15) is 0 Å². The van der Waals surface area contributed by atoms with Crippen LogP contribution in [0.25, 0.3) is 0 Å². The summed E-state index contributed by atoms with van der Waals surface area (Å²) >= 11 is 0. The molecule has 0 spiro atoms. The lowest BCUT2D eigenvalue weighted by atomic mass is 9.89. The van der Waals surface area contributed by atoms with E-state index >= 15 is 0 Å². The third-order valence-corrected chi connectivity index (χ3v) is 6.24. The van der Waals surface area contributed by atoms with Gasteiger partial charge in [-0.25, -0.2) is 13.2 Å². The molecule has 1 saturated heterocycles. The number of carbonyl (C=O) groups excluding carboxylic acids is 2. The van der Waals surface area contributed by atoms with E-state index in [1.807, 2.05) is 43.3 Å². The number of hydrogen-bond donors (Lipinski definition) is 1. The molecule has 0 unspecified atom stereocenters. The van der Waals surface area contributed by atoms with Gasteiger partial charge in [-0.05, 0) is 30.9 Å². The minimum Gasteiger partial charge on any atom is -0.334 e. The van der Waals surface area contributed by atoms with Gasteiger partial charge in [0.2, 0.25) is 0 Å². The Morgan fingerprint density at radius 2 is 1.53 bits per heavy atom. The van der Waals surface area contributed by atoms with Crippen LogP contribution >= 0.6 is 0 Å². The van der Waals surface area contributed by atoms with Crippen LogP contribution in [0.1, 0.15) is 39.9 Å². The number of hydrogen-bond acceptors (Lipinski definition) is 4. The van der Waals surface area contributed by atoms with E-state index in [1.165, 1.54) is 6.26 Å². The fourth-order valence-electron chi connectivity index (χ4n) is 3.64. The lowest BCUT2D eigenvalue weighted by molar-refractivity contribution is 0.0854. The van der Waals surface area contributed by atoms with Crippen LogP contribution in [0.2, 0.25) is 0 Å². The number of nitrogens with one attached hydrogen (secondary N) is 1. The summed E-state index contributed by atoms with van der Waals surface area (Å²) in [6, 6.07) is 14.7. The van der Waals surface area contributed by atoms with E-state index in [-0.39, 0.29) is 23.5 Å². The predicted molar refractivity (Wildman–Crippen MR) is 117 cm³/mol. The van der Waals surface area contributed by atoms with Gasteiger partial charge in [-0.2, -0.15) is 0 Å². The van der Waals surface area contributed by atoms with Gasteiger partial charge in [0.25, 0.3) is 0 Å². The lowest BCUT2D eigenvalue weighted by Crippen LogP contribution is -2.45. The molecule has 0 atom stereocenters. The SMILES string of the molecule is Cc1ccc(C(=O)C2CCN(C(=O)NCc3ccc(CS(C)(=O)=O)cc3)CC2)cc1. The van der Waals surface area contributed by atoms with E-state index in [1.54, 1.807) is 17.0 Å². The summed E-state index contributed by atoms with van der Waals surface area (Å²) in [5.74, 6) is 0.124. The first-order valence-corrected chi connectivity index (χ1v) is 12.2. The second-order valence-electron chi connectivity index (χ2n) is 8.04. The molecule has 0 aromatic heterocycles. The molecule has 1 heterocycles. The van der Waals surface area contributed by atoms with E-state index in [9.17, 15) is 18.0 Å². The van der Waals surface area contributed by atoms with Gasteiger partial charge >= 0.3 is 6.03 Å². The van der Waals surface area contributed by atoms with Crippen LogP contribution in [0.15, 0.2) is 48.5 Å². The maximum absolute atomic E-state index is 12.7. The molecule has 0 aliphatic carbocycles. The van der Waals surface area contributed by atoms with Gasteiger partial charge in [0, 0.05) is 37.4 Å². The first-order valence-electron chi connectivity index (χ1n) is 10.1. The molecule has 7 heteroatoms. The highest BCUT2D eigenvalue weighted by molar-refractivity contribution is 7.89. The lowest BCUT2D eigenvalue weighted by Gasteiger charge is -2.31. The standard InChI is InChI=1S/C23H28N2O4S/c1-17-3-9-20(10-4-17)22(26)21-11-13-25(14-12-21)23(27)24-15-18-5-7-19(8-6-18)16-30(2,28)29/h3-10,21H,11-16H2,1-2H3,(H,24,27). The minimum atomic E-state index is -3.06. The van der Waals surface area contributed by atoms with E-state index in [4.69, 9.17) is 0 Å². The zero-order chi connectivity index (χ0) is 21.7. The van der Waals surface area contributed by atoms with Gasteiger partial charge < -0.3 is 10.2 Å². The topological polar surface area (TPSA) is 83.6 Å². The summed E-state index contributed by atoms with van der Waals surface area (Å²) in [6.07, 6.45) is 2.54. The van der Waals surface area contributed by atoms with Gasteiger partial charge in [-0.15, -0.1) is 0 Å². The van der Waals surface area contributed by atoms with Crippen molar-refractivity contribution in [3.63, 3.8) is 0 Å². The van der Waals surface area contributed by atoms with E-state index in [0.29, 0.717) is 32.5 Å². The largest absolute Gasteiger partial charge is 0.334 e. The van der Waals surface area contributed by atoms with E-state index in [0.717, 1.165) is 22.3 Å². The number of carbonyl (C=O) groups is 2. The highest BCUT2D eigenvalue weighted by atomic mass is 32.2. The molecule has 1 aliphatic heterocycles. The number of aryl methyl sites for hydroxylation is 1. The van der Waals surface area contributed by atoms with Crippen LogP contribution in [-0.2, 0) is 22.1 Å². The van der Waals surface area contributed by atoms with Crippen molar-refractivity contribution in [3.05, 3.63) is 70.8 Å². The van der Waals surface area contributed by atoms with Crippen LogP contribution in [0.5, 0.6) is 0 Å². The van der Waals surface area contributed by atoms with Crippen molar-refractivity contribution in [2.45, 2.75) is 32.1 Å². The van der Waals surface area contributed by atoms with Crippen LogP contribution < -0.4 is 5.32 Å². The maximum Gasteiger partial charge on any atom is 0.317 e. The smallest absolute Gasteiger partial charge is 0.317 e. The van der Waals surface area contributed by atoms with Gasteiger partial charge in [-0.3, -0.25) is 4.79 Å². The highest BCUT2D eigenvalue weighted by Crippen LogP contribution is 2.22. The number of benzene rings is 2. The molecule has 6 nitrogen and oxygen atoms in total. The summed E-state index contributed by atoms with van der Waals surface area (Å²) in [4.78, 5) is 26.9. The fraction of sp³-hybridized carbons (Fsp3) is 0.391. The molecular formula is C23H28N2O4S. The Kier molecular flexibility index (Phi) is 6.92. The zero-order valence-electron chi connectivity index (χ0n) is 17.4. The number of piperidine rings is 1. The Balaban J connectivity index is 1.46. The maximum atomic E-state index is 12.7. The molecule has 2 aromatic rings.